The number of halogens is 2. The van der Waals surface area contributed by atoms with Crippen molar-refractivity contribution < 1.29 is 14.0 Å². The van der Waals surface area contributed by atoms with Crippen LogP contribution in [0.2, 0.25) is 5.02 Å². The molecule has 0 saturated heterocycles. The van der Waals surface area contributed by atoms with E-state index in [0.717, 1.165) is 11.6 Å². The Labute approximate surface area is 145 Å². The Morgan fingerprint density at radius 3 is 2.42 bits per heavy atom. The van der Waals surface area contributed by atoms with Crippen LogP contribution in [0.5, 0.6) is 0 Å². The minimum atomic E-state index is -0.501. The standard InChI is InChI=1S/C19H17ClFNO2/c1-12(14-6-4-3-5-7-14)22-19(24)17(13(2)23)10-15-8-9-16(21)11-18(15)20/h3-12H,1-2H3,(H,22,24)/t12-/m1/s1. The number of ketones is 1. The Kier molecular flexibility index (Phi) is 5.88. The zero-order chi connectivity index (χ0) is 17.7. The third-order valence-corrected chi connectivity index (χ3v) is 3.86. The van der Waals surface area contributed by atoms with E-state index in [1.807, 2.05) is 37.3 Å². The zero-order valence-electron chi connectivity index (χ0n) is 13.3. The molecule has 0 spiro atoms. The molecule has 0 fully saturated rings. The van der Waals surface area contributed by atoms with Crippen molar-refractivity contribution >= 4 is 29.4 Å². The summed E-state index contributed by atoms with van der Waals surface area (Å²) < 4.78 is 13.1. The number of nitrogens with one attached hydrogen (secondary N) is 1. The molecular weight excluding hydrogens is 329 g/mol. The van der Waals surface area contributed by atoms with Crippen LogP contribution in [0.3, 0.4) is 0 Å². The molecule has 0 radical (unpaired) electrons. The fraction of sp³-hybridized carbons (Fsp3) is 0.158. The second-order valence-electron chi connectivity index (χ2n) is 5.39. The van der Waals surface area contributed by atoms with Gasteiger partial charge in [0, 0.05) is 0 Å². The molecule has 24 heavy (non-hydrogen) atoms. The predicted molar refractivity (Wildman–Crippen MR) is 93.1 cm³/mol. The molecule has 0 saturated carbocycles. The largest absolute Gasteiger partial charge is 0.345 e. The SMILES string of the molecule is CC(=O)C(=Cc1ccc(F)cc1Cl)C(=O)N[C@H](C)c1ccccc1. The van der Waals surface area contributed by atoms with E-state index < -0.39 is 17.5 Å². The van der Waals surface area contributed by atoms with Gasteiger partial charge < -0.3 is 5.32 Å². The van der Waals surface area contributed by atoms with Crippen LogP contribution >= 0.6 is 11.6 Å². The van der Waals surface area contributed by atoms with E-state index in [0.29, 0.717) is 5.56 Å². The molecule has 124 valence electrons. The number of carbonyl (C=O) groups excluding carboxylic acids is 2. The van der Waals surface area contributed by atoms with E-state index in [2.05, 4.69) is 5.32 Å². The maximum Gasteiger partial charge on any atom is 0.255 e. The highest BCUT2D eigenvalue weighted by Crippen LogP contribution is 2.21. The number of carbonyl (C=O) groups is 2. The number of hydrogen-bond acceptors (Lipinski definition) is 2. The van der Waals surface area contributed by atoms with Gasteiger partial charge in [0.15, 0.2) is 5.78 Å². The molecule has 5 heteroatoms. The van der Waals surface area contributed by atoms with Crippen LogP contribution in [0.4, 0.5) is 4.39 Å². The molecule has 0 aliphatic rings. The molecule has 1 amide bonds. The molecule has 0 aliphatic carbocycles. The lowest BCUT2D eigenvalue weighted by atomic mass is 10.0. The first-order chi connectivity index (χ1) is 11.4. The summed E-state index contributed by atoms with van der Waals surface area (Å²) in [6, 6.07) is 12.9. The van der Waals surface area contributed by atoms with Crippen LogP contribution in [0.1, 0.15) is 31.0 Å². The van der Waals surface area contributed by atoms with Gasteiger partial charge in [-0.1, -0.05) is 48.0 Å². The first kappa shape index (κ1) is 17.9. The molecule has 0 bridgehead atoms. The normalized spacial score (nSPS) is 12.6. The first-order valence-electron chi connectivity index (χ1n) is 7.42. The fourth-order valence-electron chi connectivity index (χ4n) is 2.20. The number of benzene rings is 2. The molecular formula is C19H17ClFNO2. The summed E-state index contributed by atoms with van der Waals surface area (Å²) in [6.07, 6.45) is 1.37. The van der Waals surface area contributed by atoms with Gasteiger partial charge in [-0.3, -0.25) is 9.59 Å². The van der Waals surface area contributed by atoms with Crippen LogP contribution in [0.25, 0.3) is 6.08 Å². The van der Waals surface area contributed by atoms with Gasteiger partial charge in [-0.2, -0.15) is 0 Å². The topological polar surface area (TPSA) is 46.2 Å². The Morgan fingerprint density at radius 1 is 1.17 bits per heavy atom. The number of hydrogen-bond donors (Lipinski definition) is 1. The highest BCUT2D eigenvalue weighted by atomic mass is 35.5. The van der Waals surface area contributed by atoms with Crippen molar-refractivity contribution in [1.29, 1.82) is 0 Å². The lowest BCUT2D eigenvalue weighted by molar-refractivity contribution is -0.122. The van der Waals surface area contributed by atoms with Crippen molar-refractivity contribution in [2.24, 2.45) is 0 Å². The fourth-order valence-corrected chi connectivity index (χ4v) is 2.42. The molecule has 1 atom stereocenters. The Hall–Kier alpha value is -2.46. The molecule has 2 aromatic rings. The van der Waals surface area contributed by atoms with E-state index in [1.165, 1.54) is 25.1 Å². The van der Waals surface area contributed by atoms with Crippen LogP contribution < -0.4 is 5.32 Å². The van der Waals surface area contributed by atoms with Crippen molar-refractivity contribution in [2.75, 3.05) is 0 Å². The van der Waals surface area contributed by atoms with Crippen LogP contribution in [-0.2, 0) is 9.59 Å². The van der Waals surface area contributed by atoms with Gasteiger partial charge in [-0.05, 0) is 43.2 Å². The summed E-state index contributed by atoms with van der Waals surface area (Å²) in [6.45, 7) is 3.13. The highest BCUT2D eigenvalue weighted by Gasteiger charge is 2.18. The number of rotatable bonds is 5. The number of Topliss-reactive ketones (excluding diaryl/α,β-unsaturated/α-hetero) is 1. The Morgan fingerprint density at radius 2 is 1.83 bits per heavy atom. The lowest BCUT2D eigenvalue weighted by Gasteiger charge is -2.15. The Balaban J connectivity index is 2.25. The van der Waals surface area contributed by atoms with Gasteiger partial charge in [-0.15, -0.1) is 0 Å². The average molecular weight is 346 g/mol. The molecule has 2 rings (SSSR count). The monoisotopic (exact) mass is 345 g/mol. The van der Waals surface area contributed by atoms with Gasteiger partial charge in [0.1, 0.15) is 5.82 Å². The second-order valence-corrected chi connectivity index (χ2v) is 5.79. The molecule has 2 aromatic carbocycles. The summed E-state index contributed by atoms with van der Waals surface area (Å²) in [4.78, 5) is 24.3. The predicted octanol–water partition coefficient (Wildman–Crippen LogP) is 4.33. The van der Waals surface area contributed by atoms with Crippen LogP contribution in [0, 0.1) is 5.82 Å². The van der Waals surface area contributed by atoms with Gasteiger partial charge in [-0.25, -0.2) is 4.39 Å². The average Bonchev–Trinajstić information content (AvgIpc) is 2.54. The minimum Gasteiger partial charge on any atom is -0.345 e. The van der Waals surface area contributed by atoms with Crippen LogP contribution in [0.15, 0.2) is 54.1 Å². The first-order valence-corrected chi connectivity index (χ1v) is 7.79. The minimum absolute atomic E-state index is 0.0358. The molecule has 0 aromatic heterocycles. The molecule has 0 unspecified atom stereocenters. The third-order valence-electron chi connectivity index (χ3n) is 3.53. The van der Waals surface area contributed by atoms with E-state index in [1.54, 1.807) is 0 Å². The summed E-state index contributed by atoms with van der Waals surface area (Å²) in [7, 11) is 0. The van der Waals surface area contributed by atoms with Crippen molar-refractivity contribution in [3.05, 3.63) is 76.1 Å². The van der Waals surface area contributed by atoms with Crippen LogP contribution in [-0.4, -0.2) is 11.7 Å². The van der Waals surface area contributed by atoms with E-state index in [4.69, 9.17) is 11.6 Å². The highest BCUT2D eigenvalue weighted by molar-refractivity contribution is 6.32. The summed E-state index contributed by atoms with van der Waals surface area (Å²) in [5, 5.41) is 2.92. The van der Waals surface area contributed by atoms with Crippen molar-refractivity contribution in [2.45, 2.75) is 19.9 Å². The summed E-state index contributed by atoms with van der Waals surface area (Å²) >= 11 is 5.96. The Bertz CT molecular complexity index is 787. The molecule has 1 N–H and O–H groups in total. The van der Waals surface area contributed by atoms with E-state index in [9.17, 15) is 14.0 Å². The van der Waals surface area contributed by atoms with Crippen molar-refractivity contribution in [3.63, 3.8) is 0 Å². The lowest BCUT2D eigenvalue weighted by Crippen LogP contribution is -2.30. The maximum atomic E-state index is 13.1. The quantitative estimate of drug-likeness (QED) is 0.498. The van der Waals surface area contributed by atoms with Crippen molar-refractivity contribution in [3.8, 4) is 0 Å². The zero-order valence-corrected chi connectivity index (χ0v) is 14.1. The summed E-state index contributed by atoms with van der Waals surface area (Å²) in [5.74, 6) is -1.38. The third kappa shape index (κ3) is 4.52. The van der Waals surface area contributed by atoms with E-state index >= 15 is 0 Å². The number of amides is 1. The molecule has 3 nitrogen and oxygen atoms in total. The smallest absolute Gasteiger partial charge is 0.255 e. The molecule has 0 heterocycles. The van der Waals surface area contributed by atoms with E-state index in [-0.39, 0.29) is 16.6 Å². The van der Waals surface area contributed by atoms with Gasteiger partial charge in [0.2, 0.25) is 0 Å². The van der Waals surface area contributed by atoms with Crippen molar-refractivity contribution in [1.82, 2.24) is 5.32 Å². The van der Waals surface area contributed by atoms with Gasteiger partial charge in [0.05, 0.1) is 16.6 Å². The van der Waals surface area contributed by atoms with Gasteiger partial charge in [0.25, 0.3) is 5.91 Å². The summed E-state index contributed by atoms with van der Waals surface area (Å²) in [5.41, 5.74) is 1.30. The maximum absolute atomic E-state index is 13.1. The second kappa shape index (κ2) is 7.88. The van der Waals surface area contributed by atoms with Gasteiger partial charge >= 0.3 is 0 Å². The molecule has 0 aliphatic heterocycles.